The number of aliphatic hydroxyl groups excluding tert-OH is 1. The fourth-order valence-corrected chi connectivity index (χ4v) is 6.23. The Morgan fingerprint density at radius 2 is 1.86 bits per heavy atom. The maximum absolute atomic E-state index is 13.9. The van der Waals surface area contributed by atoms with Gasteiger partial charge >= 0.3 is 0 Å². The Morgan fingerprint density at radius 3 is 2.67 bits per heavy atom. The molecule has 190 valence electrons. The summed E-state index contributed by atoms with van der Waals surface area (Å²) in [7, 11) is 0. The summed E-state index contributed by atoms with van der Waals surface area (Å²) in [4.78, 5) is 21.8. The van der Waals surface area contributed by atoms with Crippen LogP contribution in [0, 0.1) is 11.7 Å². The van der Waals surface area contributed by atoms with E-state index in [2.05, 4.69) is 14.6 Å². The number of aryl methyl sites for hydroxylation is 1. The summed E-state index contributed by atoms with van der Waals surface area (Å²) in [5, 5.41) is 15.5. The lowest BCUT2D eigenvalue weighted by Gasteiger charge is -2.34. The number of aromatic nitrogens is 3. The number of pyridine rings is 1. The average Bonchev–Trinajstić information content (AvgIpc) is 3.51. The van der Waals surface area contributed by atoms with Gasteiger partial charge in [0.1, 0.15) is 5.82 Å². The number of amides is 1. The first-order valence-electron chi connectivity index (χ1n) is 13.4. The van der Waals surface area contributed by atoms with Crippen molar-refractivity contribution < 1.29 is 14.3 Å². The summed E-state index contributed by atoms with van der Waals surface area (Å²) >= 11 is 0. The Hall–Kier alpha value is -3.00. The third-order valence-corrected chi connectivity index (χ3v) is 8.35. The number of carbonyl (C=O) groups excluding carboxylic acids is 1. The molecule has 1 N–H and O–H groups in total. The molecule has 1 aliphatic carbocycles. The first kappa shape index (κ1) is 23.4. The Kier molecular flexibility index (Phi) is 6.37. The van der Waals surface area contributed by atoms with Crippen LogP contribution in [0.25, 0.3) is 10.9 Å². The van der Waals surface area contributed by atoms with Gasteiger partial charge in [0.15, 0.2) is 5.69 Å². The molecule has 4 heterocycles. The molecular weight excluding hydrogens is 457 g/mol. The number of benzene rings is 1. The van der Waals surface area contributed by atoms with E-state index >= 15 is 0 Å². The van der Waals surface area contributed by atoms with Gasteiger partial charge in [0.2, 0.25) is 0 Å². The highest BCUT2D eigenvalue weighted by Crippen LogP contribution is 2.32. The monoisotopic (exact) mass is 491 g/mol. The quantitative estimate of drug-likeness (QED) is 0.585. The van der Waals surface area contributed by atoms with E-state index in [1.807, 2.05) is 17.2 Å². The SMILES string of the molecule is O=C(c1nn(CCC2CCN(c3ccnc4ccc(F)cc34)CC2)c2c1CCC2)N1CCC(O)CC1. The van der Waals surface area contributed by atoms with E-state index in [4.69, 9.17) is 5.10 Å². The molecule has 3 aromatic rings. The predicted octanol–water partition coefficient (Wildman–Crippen LogP) is 3.96. The van der Waals surface area contributed by atoms with Crippen molar-refractivity contribution in [2.45, 2.75) is 64.0 Å². The number of piperidine rings is 2. The Labute approximate surface area is 210 Å². The van der Waals surface area contributed by atoms with Crippen LogP contribution in [0.15, 0.2) is 30.5 Å². The van der Waals surface area contributed by atoms with Crippen LogP contribution in [0.5, 0.6) is 0 Å². The minimum Gasteiger partial charge on any atom is -0.393 e. The first-order valence-corrected chi connectivity index (χ1v) is 13.4. The molecule has 0 radical (unpaired) electrons. The van der Waals surface area contributed by atoms with E-state index in [0.29, 0.717) is 37.5 Å². The van der Waals surface area contributed by atoms with E-state index in [1.165, 1.54) is 11.8 Å². The normalized spacial score (nSPS) is 19.3. The number of carbonyl (C=O) groups is 1. The zero-order valence-corrected chi connectivity index (χ0v) is 20.7. The summed E-state index contributed by atoms with van der Waals surface area (Å²) in [5.74, 6) is 0.414. The van der Waals surface area contributed by atoms with Gasteiger partial charge in [0.05, 0.1) is 11.6 Å². The molecule has 1 amide bonds. The summed E-state index contributed by atoms with van der Waals surface area (Å²) in [6, 6.07) is 6.80. The smallest absolute Gasteiger partial charge is 0.274 e. The molecular formula is C28H34FN5O2. The lowest BCUT2D eigenvalue weighted by atomic mass is 9.93. The predicted molar refractivity (Wildman–Crippen MR) is 137 cm³/mol. The van der Waals surface area contributed by atoms with Gasteiger partial charge in [-0.2, -0.15) is 5.10 Å². The summed E-state index contributed by atoms with van der Waals surface area (Å²) < 4.78 is 16.0. The van der Waals surface area contributed by atoms with E-state index in [9.17, 15) is 14.3 Å². The van der Waals surface area contributed by atoms with E-state index in [1.54, 1.807) is 12.1 Å². The molecule has 2 aromatic heterocycles. The van der Waals surface area contributed by atoms with Crippen LogP contribution in [0.4, 0.5) is 10.1 Å². The van der Waals surface area contributed by atoms with Crippen LogP contribution in [-0.2, 0) is 19.4 Å². The summed E-state index contributed by atoms with van der Waals surface area (Å²) in [5.41, 5.74) is 4.94. The summed E-state index contributed by atoms with van der Waals surface area (Å²) in [6.07, 6.45) is 9.07. The maximum atomic E-state index is 13.9. The number of rotatable bonds is 5. The zero-order chi connectivity index (χ0) is 24.6. The zero-order valence-electron chi connectivity index (χ0n) is 20.7. The van der Waals surface area contributed by atoms with Crippen molar-refractivity contribution in [2.75, 3.05) is 31.1 Å². The molecule has 2 fully saturated rings. The second-order valence-corrected chi connectivity index (χ2v) is 10.6. The van der Waals surface area contributed by atoms with Crippen LogP contribution in [-0.4, -0.2) is 63.0 Å². The summed E-state index contributed by atoms with van der Waals surface area (Å²) in [6.45, 7) is 3.96. The van der Waals surface area contributed by atoms with Gasteiger partial charge in [-0.15, -0.1) is 0 Å². The van der Waals surface area contributed by atoms with E-state index in [-0.39, 0.29) is 17.8 Å². The molecule has 0 bridgehead atoms. The number of aliphatic hydroxyl groups is 1. The third-order valence-electron chi connectivity index (χ3n) is 8.35. The minimum atomic E-state index is -0.290. The van der Waals surface area contributed by atoms with Gasteiger partial charge in [-0.25, -0.2) is 4.39 Å². The molecule has 0 atom stereocenters. The van der Waals surface area contributed by atoms with Crippen molar-refractivity contribution in [3.8, 4) is 0 Å². The lowest BCUT2D eigenvalue weighted by molar-refractivity contribution is 0.0540. The Morgan fingerprint density at radius 1 is 1.06 bits per heavy atom. The molecule has 36 heavy (non-hydrogen) atoms. The second-order valence-electron chi connectivity index (χ2n) is 10.6. The largest absolute Gasteiger partial charge is 0.393 e. The molecule has 0 unspecified atom stereocenters. The van der Waals surface area contributed by atoms with Crippen molar-refractivity contribution in [3.05, 3.63) is 53.2 Å². The number of fused-ring (bicyclic) bond motifs is 2. The Bertz CT molecular complexity index is 1260. The van der Waals surface area contributed by atoms with E-state index in [0.717, 1.165) is 80.3 Å². The highest BCUT2D eigenvalue weighted by molar-refractivity contribution is 5.94. The third kappa shape index (κ3) is 4.47. The van der Waals surface area contributed by atoms with Crippen LogP contribution in [0.1, 0.15) is 60.3 Å². The van der Waals surface area contributed by atoms with Crippen molar-refractivity contribution in [1.82, 2.24) is 19.7 Å². The van der Waals surface area contributed by atoms with Crippen molar-refractivity contribution in [1.29, 1.82) is 0 Å². The van der Waals surface area contributed by atoms with Crippen LogP contribution in [0.3, 0.4) is 0 Å². The van der Waals surface area contributed by atoms with Crippen molar-refractivity contribution in [2.24, 2.45) is 5.92 Å². The molecule has 2 aliphatic heterocycles. The fraction of sp³-hybridized carbons (Fsp3) is 0.536. The van der Waals surface area contributed by atoms with Gasteiger partial charge in [0.25, 0.3) is 5.91 Å². The molecule has 1 aromatic carbocycles. The second kappa shape index (κ2) is 9.81. The minimum absolute atomic E-state index is 0.0353. The number of nitrogens with zero attached hydrogens (tertiary/aromatic N) is 5. The molecule has 2 saturated heterocycles. The standard InChI is InChI=1S/C28H34FN5O2/c29-20-4-5-24-23(18-20)25(6-12-30-24)32-13-7-19(8-14-32)9-17-34-26-3-1-2-22(26)27(31-34)28(36)33-15-10-21(35)11-16-33/h4-6,12,18-19,21,35H,1-3,7-11,13-17H2. The van der Waals surface area contributed by atoms with Crippen LogP contribution < -0.4 is 4.90 Å². The molecule has 6 rings (SSSR count). The van der Waals surface area contributed by atoms with Crippen molar-refractivity contribution >= 4 is 22.5 Å². The van der Waals surface area contributed by atoms with Crippen molar-refractivity contribution in [3.63, 3.8) is 0 Å². The van der Waals surface area contributed by atoms with Gasteiger partial charge in [-0.1, -0.05) is 0 Å². The van der Waals surface area contributed by atoms with Crippen LogP contribution >= 0.6 is 0 Å². The molecule has 8 heteroatoms. The van der Waals surface area contributed by atoms with Gasteiger partial charge < -0.3 is 14.9 Å². The lowest BCUT2D eigenvalue weighted by Crippen LogP contribution is -2.40. The number of likely N-dealkylation sites (tertiary alicyclic amines) is 1. The number of hydrogen-bond donors (Lipinski definition) is 1. The van der Waals surface area contributed by atoms with E-state index < -0.39 is 0 Å². The highest BCUT2D eigenvalue weighted by Gasteiger charge is 2.31. The van der Waals surface area contributed by atoms with Crippen LogP contribution in [0.2, 0.25) is 0 Å². The topological polar surface area (TPSA) is 74.5 Å². The first-order chi connectivity index (χ1) is 17.6. The van der Waals surface area contributed by atoms with Gasteiger partial charge in [0, 0.05) is 61.3 Å². The number of halogens is 1. The maximum Gasteiger partial charge on any atom is 0.274 e. The molecule has 7 nitrogen and oxygen atoms in total. The number of hydrogen-bond acceptors (Lipinski definition) is 5. The molecule has 3 aliphatic rings. The highest BCUT2D eigenvalue weighted by atomic mass is 19.1. The van der Waals surface area contributed by atoms with Gasteiger partial charge in [-0.05, 0) is 81.5 Å². The molecule has 0 spiro atoms. The molecule has 0 saturated carbocycles. The fourth-order valence-electron chi connectivity index (χ4n) is 6.23. The average molecular weight is 492 g/mol. The Balaban J connectivity index is 1.09. The number of anilines is 1. The van der Waals surface area contributed by atoms with Gasteiger partial charge in [-0.3, -0.25) is 14.5 Å².